The quantitative estimate of drug-likeness (QED) is 0.578. The first-order valence-corrected chi connectivity index (χ1v) is 11.9. The molecule has 0 amide bonds. The minimum atomic E-state index is -0.422. The second-order valence-corrected chi connectivity index (χ2v) is 11.7. The Kier molecular flexibility index (Phi) is 6.26. The van der Waals surface area contributed by atoms with Crippen LogP contribution >= 0.6 is 0 Å². The molecule has 0 aromatic heterocycles. The van der Waals surface area contributed by atoms with Crippen molar-refractivity contribution >= 4 is 5.97 Å². The van der Waals surface area contributed by atoms with Gasteiger partial charge in [0.05, 0.1) is 12.0 Å². The number of rotatable bonds is 6. The predicted molar refractivity (Wildman–Crippen MR) is 114 cm³/mol. The van der Waals surface area contributed by atoms with Crippen molar-refractivity contribution in [2.24, 2.45) is 46.8 Å². The number of hydrogen-bond acceptors (Lipinski definition) is 3. The molecule has 0 aliphatic heterocycles. The number of fused-ring (bicyclic) bond motifs is 2. The van der Waals surface area contributed by atoms with E-state index in [4.69, 9.17) is 4.74 Å². The van der Waals surface area contributed by atoms with E-state index in [1.54, 1.807) is 0 Å². The zero-order valence-electron chi connectivity index (χ0n) is 19.3. The second-order valence-electron chi connectivity index (χ2n) is 11.7. The monoisotopic (exact) mass is 392 g/mol. The highest BCUT2D eigenvalue weighted by molar-refractivity contribution is 5.74. The highest BCUT2D eigenvalue weighted by Gasteiger charge is 2.59. The summed E-state index contributed by atoms with van der Waals surface area (Å²) in [5, 5.41) is 9.80. The molecule has 2 bridgehead atoms. The smallest absolute Gasteiger partial charge is 0.309 e. The van der Waals surface area contributed by atoms with Crippen LogP contribution in [0.3, 0.4) is 0 Å². The van der Waals surface area contributed by atoms with Gasteiger partial charge in [-0.15, -0.1) is 0 Å². The molecular weight excluding hydrogens is 348 g/mol. The third-order valence-electron chi connectivity index (χ3n) is 9.00. The normalized spacial score (nSPS) is 38.8. The van der Waals surface area contributed by atoms with Crippen molar-refractivity contribution in [3.63, 3.8) is 0 Å². The van der Waals surface area contributed by atoms with Crippen LogP contribution in [-0.4, -0.2) is 22.8 Å². The van der Waals surface area contributed by atoms with Crippen molar-refractivity contribution in [1.82, 2.24) is 0 Å². The van der Waals surface area contributed by atoms with Crippen LogP contribution in [0.2, 0.25) is 0 Å². The topological polar surface area (TPSA) is 46.5 Å². The molecule has 162 valence electrons. The number of ether oxygens (including phenoxy) is 1. The van der Waals surface area contributed by atoms with Gasteiger partial charge < -0.3 is 9.84 Å². The van der Waals surface area contributed by atoms with Crippen molar-refractivity contribution in [2.75, 3.05) is 0 Å². The third kappa shape index (κ3) is 4.02. The van der Waals surface area contributed by atoms with E-state index in [9.17, 15) is 9.90 Å². The second kappa shape index (κ2) is 7.93. The number of carbonyl (C=O) groups is 1. The van der Waals surface area contributed by atoms with Gasteiger partial charge >= 0.3 is 5.97 Å². The molecule has 0 radical (unpaired) electrons. The lowest BCUT2D eigenvalue weighted by atomic mass is 9.59. The molecule has 3 rings (SSSR count). The fourth-order valence-electron chi connectivity index (χ4n) is 7.17. The molecule has 3 nitrogen and oxygen atoms in total. The lowest BCUT2D eigenvalue weighted by Crippen LogP contribution is -2.45. The average Bonchev–Trinajstić information content (AvgIpc) is 3.20. The number of esters is 1. The van der Waals surface area contributed by atoms with E-state index >= 15 is 0 Å². The molecule has 1 N–H and O–H groups in total. The first-order valence-electron chi connectivity index (χ1n) is 11.9. The van der Waals surface area contributed by atoms with Crippen LogP contribution in [0.25, 0.3) is 0 Å². The summed E-state index contributed by atoms with van der Waals surface area (Å²) in [4.78, 5) is 13.3. The third-order valence-corrected chi connectivity index (χ3v) is 9.00. The van der Waals surface area contributed by atoms with Crippen LogP contribution in [-0.2, 0) is 9.53 Å². The largest absolute Gasteiger partial charge is 0.459 e. The van der Waals surface area contributed by atoms with Crippen LogP contribution in [0.5, 0.6) is 0 Å². The van der Waals surface area contributed by atoms with E-state index in [1.165, 1.54) is 12.8 Å². The highest BCUT2D eigenvalue weighted by atomic mass is 16.6. The van der Waals surface area contributed by atoms with Crippen molar-refractivity contribution in [2.45, 2.75) is 105 Å². The van der Waals surface area contributed by atoms with Crippen molar-refractivity contribution in [3.05, 3.63) is 0 Å². The Morgan fingerprint density at radius 1 is 1.07 bits per heavy atom. The number of aliphatic hydroxyl groups is 1. The molecule has 0 aromatic rings. The summed E-state index contributed by atoms with van der Waals surface area (Å²) < 4.78 is 6.20. The molecule has 0 spiro atoms. The molecule has 5 unspecified atom stereocenters. The van der Waals surface area contributed by atoms with E-state index in [-0.39, 0.29) is 18.0 Å². The van der Waals surface area contributed by atoms with Gasteiger partial charge in [0, 0.05) is 0 Å². The van der Waals surface area contributed by atoms with Crippen LogP contribution < -0.4 is 0 Å². The van der Waals surface area contributed by atoms with Crippen LogP contribution in [0, 0.1) is 46.8 Å². The molecule has 3 aliphatic rings. The zero-order chi connectivity index (χ0) is 20.9. The minimum absolute atomic E-state index is 0.0574. The van der Waals surface area contributed by atoms with E-state index < -0.39 is 5.60 Å². The molecule has 3 fully saturated rings. The van der Waals surface area contributed by atoms with Gasteiger partial charge in [0.2, 0.25) is 0 Å². The van der Waals surface area contributed by atoms with Crippen LogP contribution in [0.4, 0.5) is 0 Å². The molecule has 5 atom stereocenters. The Morgan fingerprint density at radius 3 is 2.21 bits per heavy atom. The molecule has 28 heavy (non-hydrogen) atoms. The molecule has 0 aromatic carbocycles. The fourth-order valence-corrected chi connectivity index (χ4v) is 7.17. The lowest BCUT2D eigenvalue weighted by molar-refractivity contribution is -0.173. The zero-order valence-corrected chi connectivity index (χ0v) is 19.3. The number of carbonyl (C=O) groups excluding carboxylic acids is 1. The SMILES string of the molecule is CCC(C)(C)C1C2CC(C(=O)OC(C)(C)C3CCC(O)CC3)C(C2)C1C(C)C. The summed E-state index contributed by atoms with van der Waals surface area (Å²) in [6.07, 6.45) is 6.87. The van der Waals surface area contributed by atoms with Gasteiger partial charge in [-0.2, -0.15) is 0 Å². The Labute approximate surface area is 173 Å². The van der Waals surface area contributed by atoms with Gasteiger partial charge in [0.25, 0.3) is 0 Å². The van der Waals surface area contributed by atoms with Gasteiger partial charge in [-0.1, -0.05) is 41.0 Å². The average molecular weight is 393 g/mol. The standard InChI is InChI=1S/C25H44O3/c1-8-24(4,5)22-16-13-19(21(22)15(2)3)20(14-16)23(27)28-25(6,7)17-9-11-18(26)12-10-17/h15-22,26H,8-14H2,1-7H3. The van der Waals surface area contributed by atoms with Crippen LogP contribution in [0.15, 0.2) is 0 Å². The molecular formula is C25H44O3. The van der Waals surface area contributed by atoms with Crippen LogP contribution in [0.1, 0.15) is 93.4 Å². The first-order chi connectivity index (χ1) is 13.0. The summed E-state index contributed by atoms with van der Waals surface area (Å²) in [6.45, 7) is 16.1. The Bertz CT molecular complexity index is 556. The van der Waals surface area contributed by atoms with E-state index in [2.05, 4.69) is 48.5 Å². The van der Waals surface area contributed by atoms with Gasteiger partial charge in [0.1, 0.15) is 5.60 Å². The Balaban J connectivity index is 1.69. The van der Waals surface area contributed by atoms with E-state index in [0.717, 1.165) is 38.0 Å². The summed E-state index contributed by atoms with van der Waals surface area (Å²) in [5.74, 6) is 3.69. The molecule has 0 saturated heterocycles. The molecule has 0 heterocycles. The maximum Gasteiger partial charge on any atom is 0.309 e. The van der Waals surface area contributed by atoms with Crippen molar-refractivity contribution < 1.29 is 14.6 Å². The van der Waals surface area contributed by atoms with Gasteiger partial charge in [-0.3, -0.25) is 4.79 Å². The first kappa shape index (κ1) is 22.1. The number of aliphatic hydroxyl groups excluding tert-OH is 1. The lowest BCUT2D eigenvalue weighted by Gasteiger charge is -2.46. The van der Waals surface area contributed by atoms with Crippen molar-refractivity contribution in [3.8, 4) is 0 Å². The maximum atomic E-state index is 13.3. The fraction of sp³-hybridized carbons (Fsp3) is 0.960. The maximum absolute atomic E-state index is 13.3. The van der Waals surface area contributed by atoms with Gasteiger partial charge in [-0.05, 0) is 93.3 Å². The molecule has 3 heteroatoms. The minimum Gasteiger partial charge on any atom is -0.459 e. The molecule has 3 aliphatic carbocycles. The van der Waals surface area contributed by atoms with Gasteiger partial charge in [0.15, 0.2) is 0 Å². The summed E-state index contributed by atoms with van der Waals surface area (Å²) in [6, 6.07) is 0. The number of hydrogen-bond donors (Lipinski definition) is 1. The summed E-state index contributed by atoms with van der Waals surface area (Å²) >= 11 is 0. The molecule has 3 saturated carbocycles. The summed E-state index contributed by atoms with van der Waals surface area (Å²) in [5.41, 5.74) is -0.0695. The van der Waals surface area contributed by atoms with Gasteiger partial charge in [-0.25, -0.2) is 0 Å². The summed E-state index contributed by atoms with van der Waals surface area (Å²) in [7, 11) is 0. The van der Waals surface area contributed by atoms with E-state index in [0.29, 0.717) is 35.0 Å². The Morgan fingerprint density at radius 2 is 1.68 bits per heavy atom. The van der Waals surface area contributed by atoms with Crippen molar-refractivity contribution in [1.29, 1.82) is 0 Å². The predicted octanol–water partition coefficient (Wildman–Crippen LogP) is 5.84. The highest BCUT2D eigenvalue weighted by Crippen LogP contribution is 2.63. The Hall–Kier alpha value is -0.570. The van der Waals surface area contributed by atoms with E-state index in [1.807, 2.05) is 0 Å².